The number of carbonyl (C=O) groups is 1. The van der Waals surface area contributed by atoms with Crippen molar-refractivity contribution >= 4 is 11.8 Å². The van der Waals surface area contributed by atoms with Crippen LogP contribution in [0.5, 0.6) is 0 Å². The van der Waals surface area contributed by atoms with Gasteiger partial charge in [-0.25, -0.2) is 18.6 Å². The summed E-state index contributed by atoms with van der Waals surface area (Å²) in [4.78, 5) is 20.5. The number of anilines is 1. The average molecular weight is 600 g/mol. The summed E-state index contributed by atoms with van der Waals surface area (Å²) in [6, 6.07) is 6.35. The third-order valence-electron chi connectivity index (χ3n) is 8.54. The lowest BCUT2D eigenvalue weighted by molar-refractivity contribution is -0.161. The summed E-state index contributed by atoms with van der Waals surface area (Å²) < 4.78 is 47.7. The monoisotopic (exact) mass is 599 g/mol. The van der Waals surface area contributed by atoms with Crippen molar-refractivity contribution in [3.63, 3.8) is 0 Å². The molecule has 9 heteroatoms. The Bertz CT molecular complexity index is 1290. The van der Waals surface area contributed by atoms with Gasteiger partial charge in [0.2, 0.25) is 0 Å². The molecule has 3 aliphatic heterocycles. The molecule has 3 unspecified atom stereocenters. The molecule has 5 rings (SSSR count). The Labute approximate surface area is 254 Å². The first-order valence-electron chi connectivity index (χ1n) is 15.8. The number of rotatable bonds is 10. The number of carbonyl (C=O) groups excluding carboxylic acids is 1. The number of aryl methyl sites for hydroxylation is 2. The number of aromatic nitrogens is 1. The van der Waals surface area contributed by atoms with Crippen LogP contribution < -0.4 is 5.32 Å². The first kappa shape index (κ1) is 31.8. The number of halogens is 2. The van der Waals surface area contributed by atoms with Crippen LogP contribution in [-0.4, -0.2) is 65.6 Å². The Kier molecular flexibility index (Phi) is 9.73. The minimum absolute atomic E-state index is 0.0405. The van der Waals surface area contributed by atoms with Gasteiger partial charge in [0.05, 0.1) is 18.8 Å². The summed E-state index contributed by atoms with van der Waals surface area (Å²) in [5.74, 6) is 0.150. The molecule has 1 aromatic carbocycles. The minimum atomic E-state index is -1.58. The SMILES string of the molecule is CC(C)(C)OC(=O)C(c1cc(F)cc2c1CC(C(C)(C)F)OC2)N1CCC(OCCCCc2ccc3c(n2)NCCC3)C1. The number of pyridine rings is 1. The second-order valence-corrected chi connectivity index (χ2v) is 13.7. The zero-order valence-electron chi connectivity index (χ0n) is 26.3. The first-order valence-corrected chi connectivity index (χ1v) is 15.8. The number of nitrogens with one attached hydrogen (secondary N) is 1. The molecule has 1 N–H and O–H groups in total. The molecule has 0 saturated carbocycles. The maximum absolute atomic E-state index is 14.9. The van der Waals surface area contributed by atoms with E-state index in [-0.39, 0.29) is 19.1 Å². The van der Waals surface area contributed by atoms with Crippen molar-refractivity contribution in [2.75, 3.05) is 31.6 Å². The molecule has 0 radical (unpaired) electrons. The van der Waals surface area contributed by atoms with Crippen LogP contribution in [0.1, 0.15) is 94.3 Å². The number of likely N-dealkylation sites (tertiary alicyclic amines) is 1. The molecule has 236 valence electrons. The van der Waals surface area contributed by atoms with Gasteiger partial charge >= 0.3 is 5.97 Å². The first-order chi connectivity index (χ1) is 20.4. The van der Waals surface area contributed by atoms with Crippen LogP contribution in [0.3, 0.4) is 0 Å². The topological polar surface area (TPSA) is 72.9 Å². The second-order valence-electron chi connectivity index (χ2n) is 13.7. The van der Waals surface area contributed by atoms with Gasteiger partial charge in [0.15, 0.2) is 0 Å². The van der Waals surface area contributed by atoms with E-state index < -0.39 is 35.2 Å². The number of alkyl halides is 1. The molecule has 0 bridgehead atoms. The van der Waals surface area contributed by atoms with Crippen molar-refractivity contribution in [3.8, 4) is 0 Å². The van der Waals surface area contributed by atoms with Crippen LogP contribution in [0.25, 0.3) is 0 Å². The largest absolute Gasteiger partial charge is 0.459 e. The quantitative estimate of drug-likeness (QED) is 0.255. The zero-order chi connectivity index (χ0) is 30.8. The molecule has 2 aromatic rings. The summed E-state index contributed by atoms with van der Waals surface area (Å²) in [7, 11) is 0. The van der Waals surface area contributed by atoms with Gasteiger partial charge in [-0.15, -0.1) is 0 Å². The highest BCUT2D eigenvalue weighted by Crippen LogP contribution is 2.38. The van der Waals surface area contributed by atoms with Gasteiger partial charge in [0.25, 0.3) is 0 Å². The van der Waals surface area contributed by atoms with Gasteiger partial charge < -0.3 is 19.5 Å². The van der Waals surface area contributed by atoms with E-state index in [0.717, 1.165) is 62.1 Å². The van der Waals surface area contributed by atoms with Gasteiger partial charge in [0.1, 0.15) is 28.9 Å². The number of nitrogens with zero attached hydrogens (tertiary/aromatic N) is 2. The van der Waals surface area contributed by atoms with E-state index in [1.54, 1.807) is 0 Å². The van der Waals surface area contributed by atoms with Crippen LogP contribution in [0, 0.1) is 5.82 Å². The van der Waals surface area contributed by atoms with Crippen molar-refractivity contribution in [2.45, 2.75) is 116 Å². The molecule has 3 aliphatic rings. The predicted octanol–water partition coefficient (Wildman–Crippen LogP) is 6.26. The lowest BCUT2D eigenvalue weighted by Gasteiger charge is -2.36. The standard InChI is InChI=1S/C34H47F2N3O4/c1-33(2,3)43-32(40)30(28-18-24(35)17-23-21-42-29(19-27(23)28)34(4,5)36)39-15-13-26(20-39)41-16-7-6-10-25-12-11-22-9-8-14-37-31(22)38-25/h11-12,17-18,26,29-30H,6-10,13-16,19-21H2,1-5H3,(H,37,38). The number of benzene rings is 1. The lowest BCUT2D eigenvalue weighted by atomic mass is 9.86. The van der Waals surface area contributed by atoms with Crippen molar-refractivity contribution in [3.05, 3.63) is 58.0 Å². The molecule has 0 spiro atoms. The molecule has 4 heterocycles. The van der Waals surface area contributed by atoms with Crippen LogP contribution >= 0.6 is 0 Å². The maximum Gasteiger partial charge on any atom is 0.328 e. The zero-order valence-corrected chi connectivity index (χ0v) is 26.3. The number of esters is 1. The van der Waals surface area contributed by atoms with Gasteiger partial charge in [-0.05, 0) is 114 Å². The molecule has 0 aliphatic carbocycles. The molecule has 43 heavy (non-hydrogen) atoms. The van der Waals surface area contributed by atoms with Crippen LogP contribution in [-0.2, 0) is 44.9 Å². The maximum atomic E-state index is 14.9. The Morgan fingerprint density at radius 3 is 2.77 bits per heavy atom. The molecule has 1 aromatic heterocycles. The smallest absolute Gasteiger partial charge is 0.328 e. The Morgan fingerprint density at radius 1 is 1.19 bits per heavy atom. The molecular formula is C34H47F2N3O4. The highest BCUT2D eigenvalue weighted by Gasteiger charge is 2.41. The minimum Gasteiger partial charge on any atom is -0.459 e. The number of unbranched alkanes of at least 4 members (excludes halogenated alkanes) is 1. The van der Waals surface area contributed by atoms with E-state index >= 15 is 0 Å². The van der Waals surface area contributed by atoms with Crippen LogP contribution in [0.2, 0.25) is 0 Å². The highest BCUT2D eigenvalue weighted by molar-refractivity contribution is 5.79. The molecule has 1 saturated heterocycles. The summed E-state index contributed by atoms with van der Waals surface area (Å²) >= 11 is 0. The predicted molar refractivity (Wildman–Crippen MR) is 162 cm³/mol. The fraction of sp³-hybridized carbons (Fsp3) is 0.647. The third kappa shape index (κ3) is 8.11. The van der Waals surface area contributed by atoms with Gasteiger partial charge in [-0.1, -0.05) is 6.07 Å². The molecule has 7 nitrogen and oxygen atoms in total. The number of hydrogen-bond acceptors (Lipinski definition) is 7. The Morgan fingerprint density at radius 2 is 2.00 bits per heavy atom. The molecule has 1 fully saturated rings. The van der Waals surface area contributed by atoms with Crippen molar-refractivity contribution in [2.24, 2.45) is 0 Å². The van der Waals surface area contributed by atoms with E-state index in [2.05, 4.69) is 17.4 Å². The fourth-order valence-electron chi connectivity index (χ4n) is 6.33. The number of fused-ring (bicyclic) bond motifs is 2. The molecule has 0 amide bonds. The van der Waals surface area contributed by atoms with E-state index in [1.165, 1.54) is 31.5 Å². The van der Waals surface area contributed by atoms with Crippen LogP contribution in [0.15, 0.2) is 24.3 Å². The normalized spacial score (nSPS) is 21.6. The van der Waals surface area contributed by atoms with E-state index in [1.807, 2.05) is 25.7 Å². The molecular weight excluding hydrogens is 552 g/mol. The fourth-order valence-corrected chi connectivity index (χ4v) is 6.33. The van der Waals surface area contributed by atoms with E-state index in [0.29, 0.717) is 30.8 Å². The third-order valence-corrected chi connectivity index (χ3v) is 8.54. The average Bonchev–Trinajstić information content (AvgIpc) is 3.39. The summed E-state index contributed by atoms with van der Waals surface area (Å²) in [6.07, 6.45) is 5.33. The van der Waals surface area contributed by atoms with E-state index in [9.17, 15) is 13.6 Å². The highest BCUT2D eigenvalue weighted by atomic mass is 19.1. The number of hydrogen-bond donors (Lipinski definition) is 1. The lowest BCUT2D eigenvalue weighted by Crippen LogP contribution is -2.41. The second kappa shape index (κ2) is 13.2. The van der Waals surface area contributed by atoms with Gasteiger partial charge in [0, 0.05) is 38.4 Å². The Balaban J connectivity index is 1.23. The van der Waals surface area contributed by atoms with Crippen molar-refractivity contribution in [1.82, 2.24) is 9.88 Å². The summed E-state index contributed by atoms with van der Waals surface area (Å²) in [6.45, 7) is 11.3. The summed E-state index contributed by atoms with van der Waals surface area (Å²) in [5.41, 5.74) is 2.07. The molecule has 3 atom stereocenters. The van der Waals surface area contributed by atoms with Crippen molar-refractivity contribution in [1.29, 1.82) is 0 Å². The van der Waals surface area contributed by atoms with E-state index in [4.69, 9.17) is 19.2 Å². The Hall–Kier alpha value is -2.62. The van der Waals surface area contributed by atoms with Crippen molar-refractivity contribution < 1.29 is 27.8 Å². The van der Waals surface area contributed by atoms with Gasteiger partial charge in [-0.3, -0.25) is 4.90 Å². The van der Waals surface area contributed by atoms with Crippen LogP contribution in [0.4, 0.5) is 14.6 Å². The van der Waals surface area contributed by atoms with Gasteiger partial charge in [-0.2, -0.15) is 0 Å². The summed E-state index contributed by atoms with van der Waals surface area (Å²) in [5, 5.41) is 3.40. The number of ether oxygens (including phenoxy) is 3.